The highest BCUT2D eigenvalue weighted by Crippen LogP contribution is 2.52. The van der Waals surface area contributed by atoms with Crippen molar-refractivity contribution in [2.75, 3.05) is 19.0 Å². The predicted octanol–water partition coefficient (Wildman–Crippen LogP) is 7.16. The van der Waals surface area contributed by atoms with Crippen LogP contribution in [0.3, 0.4) is 0 Å². The van der Waals surface area contributed by atoms with E-state index in [2.05, 4.69) is 84.2 Å². The second kappa shape index (κ2) is 8.35. The molecule has 1 atom stereocenters. The van der Waals surface area contributed by atoms with E-state index < -0.39 is 0 Å². The number of nitrogens with one attached hydrogen (secondary N) is 1. The number of ketones is 1. The number of carbonyl (C=O) groups is 1. The molecule has 3 aromatic carbocycles. The maximum atomic E-state index is 13.6. The maximum absolute atomic E-state index is 13.6. The van der Waals surface area contributed by atoms with E-state index >= 15 is 0 Å². The molecule has 5 rings (SSSR count). The Bertz CT molecular complexity index is 1310. The van der Waals surface area contributed by atoms with E-state index in [4.69, 9.17) is 9.47 Å². The van der Waals surface area contributed by atoms with Crippen molar-refractivity contribution in [3.63, 3.8) is 0 Å². The van der Waals surface area contributed by atoms with Crippen LogP contribution in [0.25, 0.3) is 16.3 Å². The average Bonchev–Trinajstić information content (AvgIpc) is 2.78. The zero-order chi connectivity index (χ0) is 23.3. The number of rotatable bonds is 4. The fourth-order valence-electron chi connectivity index (χ4n) is 5.28. The number of benzene rings is 3. The third kappa shape index (κ3) is 3.80. The molecule has 0 fully saturated rings. The summed E-state index contributed by atoms with van der Waals surface area (Å²) in [5.74, 6) is 1.66. The highest BCUT2D eigenvalue weighted by molar-refractivity contribution is 14.1. The largest absolute Gasteiger partial charge is 0.493 e. The molecule has 5 heteroatoms. The second-order valence-electron chi connectivity index (χ2n) is 9.59. The topological polar surface area (TPSA) is 47.6 Å². The Morgan fingerprint density at radius 3 is 2.67 bits per heavy atom. The van der Waals surface area contributed by atoms with E-state index in [1.807, 2.05) is 13.0 Å². The van der Waals surface area contributed by atoms with Gasteiger partial charge in [-0.2, -0.15) is 0 Å². The molecule has 0 aromatic heterocycles. The van der Waals surface area contributed by atoms with Crippen molar-refractivity contribution in [1.82, 2.24) is 0 Å². The molecule has 1 aliphatic carbocycles. The molecule has 0 saturated carbocycles. The lowest BCUT2D eigenvalue weighted by Gasteiger charge is -2.40. The second-order valence-corrected chi connectivity index (χ2v) is 10.7. The summed E-state index contributed by atoms with van der Waals surface area (Å²) in [4.78, 5) is 13.6. The third-order valence-electron chi connectivity index (χ3n) is 6.61. The number of methoxy groups -OCH3 is 1. The number of fused-ring (bicyclic) bond motifs is 4. The van der Waals surface area contributed by atoms with E-state index in [9.17, 15) is 4.79 Å². The number of halogens is 1. The molecule has 0 unspecified atom stereocenters. The lowest BCUT2D eigenvalue weighted by molar-refractivity contribution is -0.118. The molecule has 1 heterocycles. The summed E-state index contributed by atoms with van der Waals surface area (Å²) in [5.41, 5.74) is 5.25. The minimum atomic E-state index is -0.227. The number of Topliss-reactive ketones (excluding diaryl/α,β-unsaturated/α-hetero) is 1. The minimum absolute atomic E-state index is 0.0725. The molecule has 33 heavy (non-hydrogen) atoms. The molecule has 0 saturated heterocycles. The molecule has 170 valence electrons. The van der Waals surface area contributed by atoms with Crippen LogP contribution in [0, 0.1) is 8.99 Å². The summed E-state index contributed by atoms with van der Waals surface area (Å²) in [6.07, 6.45) is 1.42. The monoisotopic (exact) mass is 553 g/mol. The van der Waals surface area contributed by atoms with Crippen LogP contribution in [0.1, 0.15) is 50.8 Å². The summed E-state index contributed by atoms with van der Waals surface area (Å²) < 4.78 is 12.5. The van der Waals surface area contributed by atoms with Gasteiger partial charge in [-0.3, -0.25) is 4.79 Å². The zero-order valence-electron chi connectivity index (χ0n) is 19.4. The Balaban J connectivity index is 1.75. The van der Waals surface area contributed by atoms with Crippen LogP contribution in [0.4, 0.5) is 5.69 Å². The number of allylic oxidation sites excluding steroid dienone is 1. The van der Waals surface area contributed by atoms with Gasteiger partial charge < -0.3 is 14.8 Å². The van der Waals surface area contributed by atoms with Crippen molar-refractivity contribution in [3.8, 4) is 11.5 Å². The summed E-state index contributed by atoms with van der Waals surface area (Å²) in [6, 6.07) is 16.6. The summed E-state index contributed by atoms with van der Waals surface area (Å²) in [7, 11) is 1.66. The van der Waals surface area contributed by atoms with Gasteiger partial charge in [0.15, 0.2) is 17.3 Å². The van der Waals surface area contributed by atoms with Crippen LogP contribution in [0.5, 0.6) is 11.5 Å². The Labute approximate surface area is 208 Å². The van der Waals surface area contributed by atoms with Crippen LogP contribution in [-0.4, -0.2) is 19.5 Å². The fraction of sp³-hybridized carbons (Fsp3) is 0.321. The molecule has 0 bridgehead atoms. The molecule has 3 aromatic rings. The average molecular weight is 553 g/mol. The highest BCUT2D eigenvalue weighted by Gasteiger charge is 2.41. The zero-order valence-corrected chi connectivity index (χ0v) is 21.6. The lowest BCUT2D eigenvalue weighted by atomic mass is 9.68. The quantitative estimate of drug-likeness (QED) is 0.349. The van der Waals surface area contributed by atoms with E-state index in [0.717, 1.165) is 32.6 Å². The van der Waals surface area contributed by atoms with E-state index in [1.54, 1.807) is 7.11 Å². The lowest BCUT2D eigenvalue weighted by Crippen LogP contribution is -2.33. The number of hydrogen-bond acceptors (Lipinski definition) is 4. The normalized spacial score (nSPS) is 19.1. The maximum Gasteiger partial charge on any atom is 0.174 e. The van der Waals surface area contributed by atoms with Crippen molar-refractivity contribution in [1.29, 1.82) is 0 Å². The van der Waals surface area contributed by atoms with Gasteiger partial charge in [-0.25, -0.2) is 0 Å². The van der Waals surface area contributed by atoms with Crippen molar-refractivity contribution < 1.29 is 14.3 Å². The number of hydrogen-bond donors (Lipinski definition) is 1. The molecule has 0 radical (unpaired) electrons. The van der Waals surface area contributed by atoms with Crippen molar-refractivity contribution in [3.05, 3.63) is 68.8 Å². The Kier molecular flexibility index (Phi) is 5.63. The number of anilines is 1. The molecule has 4 nitrogen and oxygen atoms in total. The standard InChI is InChI=1S/C28H28INO3/c1-5-33-27-20(29)12-17(13-23(27)32-4)26-25-19(14-28(2,3)15-22(25)31)24-18-9-7-6-8-16(18)10-11-21(24)30-26/h6-13,26,30H,5,14-15H2,1-4H3/t26-/m0/s1. The van der Waals surface area contributed by atoms with Crippen molar-refractivity contribution in [2.24, 2.45) is 5.41 Å². The summed E-state index contributed by atoms with van der Waals surface area (Å²) in [6.45, 7) is 6.92. The molecule has 2 aliphatic rings. The SMILES string of the molecule is CCOc1c(I)cc([C@@H]2Nc3ccc4ccccc4c3C3=C2C(=O)CC(C)(C)C3)cc1OC. The van der Waals surface area contributed by atoms with Gasteiger partial charge in [0.2, 0.25) is 0 Å². The van der Waals surface area contributed by atoms with Gasteiger partial charge >= 0.3 is 0 Å². The van der Waals surface area contributed by atoms with Crippen LogP contribution < -0.4 is 14.8 Å². The molecular weight excluding hydrogens is 525 g/mol. The first kappa shape index (κ1) is 22.3. The number of carbonyl (C=O) groups excluding carboxylic acids is 1. The molecular formula is C28H28INO3. The molecule has 1 N–H and O–H groups in total. The first-order chi connectivity index (χ1) is 15.8. The fourth-order valence-corrected chi connectivity index (χ4v) is 6.06. The van der Waals surface area contributed by atoms with Gasteiger partial charge in [-0.15, -0.1) is 0 Å². The Morgan fingerprint density at radius 2 is 1.91 bits per heavy atom. The van der Waals surface area contributed by atoms with E-state index in [0.29, 0.717) is 18.8 Å². The molecule has 1 aliphatic heterocycles. The first-order valence-corrected chi connectivity index (χ1v) is 12.5. The third-order valence-corrected chi connectivity index (χ3v) is 7.41. The summed E-state index contributed by atoms with van der Waals surface area (Å²) >= 11 is 2.29. The van der Waals surface area contributed by atoms with Gasteiger partial charge in [0.1, 0.15) is 0 Å². The van der Waals surface area contributed by atoms with E-state index in [-0.39, 0.29) is 17.2 Å². The minimum Gasteiger partial charge on any atom is -0.493 e. The van der Waals surface area contributed by atoms with Gasteiger partial charge in [-0.1, -0.05) is 44.2 Å². The first-order valence-electron chi connectivity index (χ1n) is 11.4. The Morgan fingerprint density at radius 1 is 1.12 bits per heavy atom. The van der Waals surface area contributed by atoms with Crippen LogP contribution >= 0.6 is 22.6 Å². The van der Waals surface area contributed by atoms with Gasteiger partial charge in [-0.05, 0) is 81.5 Å². The Hall–Kier alpha value is -2.54. The van der Waals surface area contributed by atoms with Gasteiger partial charge in [0.05, 0.1) is 23.3 Å². The van der Waals surface area contributed by atoms with Crippen LogP contribution in [-0.2, 0) is 4.79 Å². The smallest absolute Gasteiger partial charge is 0.174 e. The number of ether oxygens (including phenoxy) is 2. The van der Waals surface area contributed by atoms with Crippen molar-refractivity contribution >= 4 is 50.4 Å². The van der Waals surface area contributed by atoms with Gasteiger partial charge in [0.25, 0.3) is 0 Å². The predicted molar refractivity (Wildman–Crippen MR) is 142 cm³/mol. The summed E-state index contributed by atoms with van der Waals surface area (Å²) in [5, 5.41) is 6.10. The highest BCUT2D eigenvalue weighted by atomic mass is 127. The molecule has 0 spiro atoms. The molecule has 0 amide bonds. The van der Waals surface area contributed by atoms with Crippen molar-refractivity contribution in [2.45, 2.75) is 39.7 Å². The van der Waals surface area contributed by atoms with E-state index in [1.165, 1.54) is 21.9 Å². The van der Waals surface area contributed by atoms with Crippen LogP contribution in [0.2, 0.25) is 0 Å². The van der Waals surface area contributed by atoms with Crippen LogP contribution in [0.15, 0.2) is 54.1 Å². The van der Waals surface area contributed by atoms with Gasteiger partial charge in [0, 0.05) is 23.2 Å².